The van der Waals surface area contributed by atoms with Crippen LogP contribution >= 0.6 is 22.7 Å². The number of benzene rings is 1. The molecule has 0 spiro atoms. The van der Waals surface area contributed by atoms with Crippen LogP contribution in [0.4, 0.5) is 0 Å². The van der Waals surface area contributed by atoms with Gasteiger partial charge in [-0.15, -0.1) is 11.3 Å². The van der Waals surface area contributed by atoms with E-state index in [2.05, 4.69) is 4.99 Å². The highest BCUT2D eigenvalue weighted by atomic mass is 32.1. The largest absolute Gasteiger partial charge is 0.497 e. The van der Waals surface area contributed by atoms with Crippen molar-refractivity contribution in [2.75, 3.05) is 13.7 Å². The van der Waals surface area contributed by atoms with Gasteiger partial charge in [0.15, 0.2) is 4.80 Å². The zero-order valence-electron chi connectivity index (χ0n) is 16.7. The lowest BCUT2D eigenvalue weighted by Crippen LogP contribution is -2.39. The SMILES string of the molecule is CCOC(=O)C1=C(C)N=c2s/c(=C\c3cccc(OC)c3)c(=O)n2[C@@H]1c1cccs1. The van der Waals surface area contributed by atoms with E-state index >= 15 is 0 Å². The van der Waals surface area contributed by atoms with Crippen LogP contribution in [0.25, 0.3) is 6.08 Å². The minimum atomic E-state index is -0.548. The molecule has 0 radical (unpaired) electrons. The summed E-state index contributed by atoms with van der Waals surface area (Å²) in [5.74, 6) is 0.271. The molecule has 154 valence electrons. The van der Waals surface area contributed by atoms with E-state index in [9.17, 15) is 9.59 Å². The summed E-state index contributed by atoms with van der Waals surface area (Å²) in [5.41, 5.74) is 1.64. The molecular formula is C22H20N2O4S2. The number of methoxy groups -OCH3 is 1. The second-order valence-corrected chi connectivity index (χ2v) is 8.58. The van der Waals surface area contributed by atoms with Crippen LogP contribution in [-0.2, 0) is 9.53 Å². The Morgan fingerprint density at radius 2 is 2.13 bits per heavy atom. The number of allylic oxidation sites excluding steroid dienone is 1. The van der Waals surface area contributed by atoms with Crippen LogP contribution < -0.4 is 19.6 Å². The Hall–Kier alpha value is -2.97. The number of thiophene rings is 1. The molecule has 0 fully saturated rings. The minimum Gasteiger partial charge on any atom is -0.497 e. The average Bonchev–Trinajstić information content (AvgIpc) is 3.36. The number of hydrogen-bond acceptors (Lipinski definition) is 7. The number of nitrogens with zero attached hydrogens (tertiary/aromatic N) is 2. The summed E-state index contributed by atoms with van der Waals surface area (Å²) >= 11 is 2.80. The summed E-state index contributed by atoms with van der Waals surface area (Å²) < 4.78 is 12.7. The second-order valence-electron chi connectivity index (χ2n) is 6.59. The van der Waals surface area contributed by atoms with Gasteiger partial charge in [0.1, 0.15) is 11.8 Å². The van der Waals surface area contributed by atoms with Crippen LogP contribution in [0.5, 0.6) is 5.75 Å². The topological polar surface area (TPSA) is 69.9 Å². The van der Waals surface area contributed by atoms with Crippen LogP contribution in [0, 0.1) is 0 Å². The summed E-state index contributed by atoms with van der Waals surface area (Å²) in [7, 11) is 1.60. The Bertz CT molecular complexity index is 1300. The molecule has 0 unspecified atom stereocenters. The van der Waals surface area contributed by atoms with Gasteiger partial charge in [0.2, 0.25) is 0 Å². The summed E-state index contributed by atoms with van der Waals surface area (Å²) in [6, 6.07) is 10.8. The molecule has 0 amide bonds. The van der Waals surface area contributed by atoms with Gasteiger partial charge in [0.05, 0.1) is 29.5 Å². The molecule has 1 aliphatic heterocycles. The van der Waals surface area contributed by atoms with E-state index in [1.807, 2.05) is 47.9 Å². The predicted molar refractivity (Wildman–Crippen MR) is 118 cm³/mol. The predicted octanol–water partition coefficient (Wildman–Crippen LogP) is 2.87. The smallest absolute Gasteiger partial charge is 0.338 e. The molecule has 30 heavy (non-hydrogen) atoms. The summed E-state index contributed by atoms with van der Waals surface area (Å²) in [6.45, 7) is 3.80. The number of carbonyl (C=O) groups excluding carboxylic acids is 1. The van der Waals surface area contributed by atoms with E-state index in [1.165, 1.54) is 22.7 Å². The number of fused-ring (bicyclic) bond motifs is 1. The van der Waals surface area contributed by atoms with Crippen LogP contribution in [0.2, 0.25) is 0 Å². The van der Waals surface area contributed by atoms with E-state index in [0.717, 1.165) is 10.4 Å². The molecule has 0 N–H and O–H groups in total. The monoisotopic (exact) mass is 440 g/mol. The summed E-state index contributed by atoms with van der Waals surface area (Å²) in [6.07, 6.45) is 1.82. The van der Waals surface area contributed by atoms with Crippen LogP contribution in [0.15, 0.2) is 62.8 Å². The lowest BCUT2D eigenvalue weighted by Gasteiger charge is -2.23. The minimum absolute atomic E-state index is 0.186. The maximum atomic E-state index is 13.4. The first-order valence-corrected chi connectivity index (χ1v) is 11.1. The number of aromatic nitrogens is 1. The van der Waals surface area contributed by atoms with E-state index in [-0.39, 0.29) is 12.2 Å². The highest BCUT2D eigenvalue weighted by Gasteiger charge is 2.33. The van der Waals surface area contributed by atoms with Gasteiger partial charge < -0.3 is 9.47 Å². The highest BCUT2D eigenvalue weighted by Crippen LogP contribution is 2.33. The number of rotatable bonds is 5. The fourth-order valence-electron chi connectivity index (χ4n) is 3.39. The number of esters is 1. The first-order valence-electron chi connectivity index (χ1n) is 9.40. The van der Waals surface area contributed by atoms with Gasteiger partial charge in [-0.25, -0.2) is 9.79 Å². The molecule has 2 aromatic heterocycles. The molecule has 1 aromatic carbocycles. The molecule has 3 heterocycles. The lowest BCUT2D eigenvalue weighted by atomic mass is 10.0. The molecular weight excluding hydrogens is 420 g/mol. The van der Waals surface area contributed by atoms with E-state index in [4.69, 9.17) is 9.47 Å². The van der Waals surface area contributed by atoms with Crippen molar-refractivity contribution in [1.82, 2.24) is 4.57 Å². The van der Waals surface area contributed by atoms with Crippen LogP contribution in [0.1, 0.15) is 30.3 Å². The standard InChI is InChI=1S/C22H20N2O4S2/c1-4-28-21(26)18-13(2)23-22-24(19(18)16-9-6-10-29-16)20(25)17(30-22)12-14-7-5-8-15(11-14)27-3/h5-12,19H,4H2,1-3H3/b17-12-/t19-/m1/s1. The van der Waals surface area contributed by atoms with E-state index < -0.39 is 12.0 Å². The number of carbonyl (C=O) groups is 1. The Morgan fingerprint density at radius 3 is 2.83 bits per heavy atom. The van der Waals surface area contributed by atoms with Crippen LogP contribution in [0.3, 0.4) is 0 Å². The Labute approximate surface area is 181 Å². The number of ether oxygens (including phenoxy) is 2. The quantitative estimate of drug-likeness (QED) is 0.572. The maximum Gasteiger partial charge on any atom is 0.338 e. The second kappa shape index (κ2) is 8.41. The molecule has 3 aromatic rings. The molecule has 4 rings (SSSR count). The van der Waals surface area contributed by atoms with Gasteiger partial charge in [0, 0.05) is 4.88 Å². The van der Waals surface area contributed by atoms with Gasteiger partial charge in [-0.3, -0.25) is 9.36 Å². The van der Waals surface area contributed by atoms with Crippen molar-refractivity contribution in [1.29, 1.82) is 0 Å². The summed E-state index contributed by atoms with van der Waals surface area (Å²) in [5, 5.41) is 1.93. The molecule has 1 atom stereocenters. The highest BCUT2D eigenvalue weighted by molar-refractivity contribution is 7.10. The van der Waals surface area contributed by atoms with Gasteiger partial charge in [-0.1, -0.05) is 29.5 Å². The van der Waals surface area contributed by atoms with Crippen molar-refractivity contribution in [3.8, 4) is 5.75 Å². The van der Waals surface area contributed by atoms with E-state index in [1.54, 1.807) is 25.5 Å². The van der Waals surface area contributed by atoms with Gasteiger partial charge in [-0.2, -0.15) is 0 Å². The molecule has 8 heteroatoms. The lowest BCUT2D eigenvalue weighted by molar-refractivity contribution is -0.139. The molecule has 0 saturated carbocycles. The Kier molecular flexibility index (Phi) is 5.69. The zero-order chi connectivity index (χ0) is 21.3. The van der Waals surface area contributed by atoms with Gasteiger partial charge >= 0.3 is 5.97 Å². The normalized spacial score (nSPS) is 16.2. The average molecular weight is 441 g/mol. The van der Waals surface area contributed by atoms with Crippen LogP contribution in [-0.4, -0.2) is 24.3 Å². The third kappa shape index (κ3) is 3.64. The Balaban J connectivity index is 1.92. The first-order chi connectivity index (χ1) is 14.5. The molecule has 0 saturated heterocycles. The number of hydrogen-bond donors (Lipinski definition) is 0. The van der Waals surface area contributed by atoms with Crippen molar-refractivity contribution in [3.05, 3.63) is 83.2 Å². The molecule has 0 aliphatic carbocycles. The van der Waals surface area contributed by atoms with Crippen molar-refractivity contribution < 1.29 is 14.3 Å². The third-order valence-electron chi connectivity index (χ3n) is 4.72. The van der Waals surface area contributed by atoms with E-state index in [0.29, 0.717) is 26.4 Å². The fraction of sp³-hybridized carbons (Fsp3) is 0.227. The van der Waals surface area contributed by atoms with Crippen molar-refractivity contribution in [2.24, 2.45) is 4.99 Å². The third-order valence-corrected chi connectivity index (χ3v) is 6.63. The van der Waals surface area contributed by atoms with Crippen molar-refractivity contribution >= 4 is 34.7 Å². The fourth-order valence-corrected chi connectivity index (χ4v) is 5.26. The summed E-state index contributed by atoms with van der Waals surface area (Å²) in [4.78, 5) is 32.2. The molecule has 1 aliphatic rings. The van der Waals surface area contributed by atoms with Crippen molar-refractivity contribution in [2.45, 2.75) is 19.9 Å². The van der Waals surface area contributed by atoms with Crippen molar-refractivity contribution in [3.63, 3.8) is 0 Å². The number of thiazole rings is 1. The Morgan fingerprint density at radius 1 is 1.30 bits per heavy atom. The van der Waals surface area contributed by atoms with Gasteiger partial charge in [-0.05, 0) is 49.1 Å². The molecule has 0 bridgehead atoms. The van der Waals surface area contributed by atoms with Gasteiger partial charge in [0.25, 0.3) is 5.56 Å². The first kappa shape index (κ1) is 20.3. The maximum absolute atomic E-state index is 13.4. The molecule has 6 nitrogen and oxygen atoms in total. The zero-order valence-corrected chi connectivity index (χ0v) is 18.4.